The predicted molar refractivity (Wildman–Crippen MR) is 65.3 cm³/mol. The van der Waals surface area contributed by atoms with Crippen LogP contribution in [0.3, 0.4) is 0 Å². The molecule has 0 saturated carbocycles. The lowest BCUT2D eigenvalue weighted by atomic mass is 10.1. The van der Waals surface area contributed by atoms with Gasteiger partial charge in [-0.1, -0.05) is 37.8 Å². The van der Waals surface area contributed by atoms with Crippen LogP contribution < -0.4 is 0 Å². The topological polar surface area (TPSA) is 37.3 Å². The summed E-state index contributed by atoms with van der Waals surface area (Å²) in [5.41, 5.74) is 1.61. The highest BCUT2D eigenvalue weighted by atomic mass is 28.3. The fourth-order valence-electron chi connectivity index (χ4n) is 1.33. The highest BCUT2D eigenvalue weighted by Gasteiger charge is 2.12. The average molecular weight is 222 g/mol. The van der Waals surface area contributed by atoms with Crippen molar-refractivity contribution in [3.63, 3.8) is 0 Å². The van der Waals surface area contributed by atoms with Crippen molar-refractivity contribution in [2.75, 3.05) is 0 Å². The molecule has 0 radical (unpaired) electrons. The van der Waals surface area contributed by atoms with Crippen LogP contribution in [-0.4, -0.2) is 19.1 Å². The van der Waals surface area contributed by atoms with Crippen molar-refractivity contribution in [2.45, 2.75) is 32.1 Å². The van der Waals surface area contributed by atoms with Crippen LogP contribution in [0, 0.1) is 0 Å². The minimum atomic E-state index is -0.992. The Morgan fingerprint density at radius 3 is 2.13 bits per heavy atom. The van der Waals surface area contributed by atoms with E-state index in [1.807, 2.05) is 12.1 Å². The molecular weight excluding hydrogens is 204 g/mol. The van der Waals surface area contributed by atoms with Crippen LogP contribution in [0.15, 0.2) is 24.3 Å². The van der Waals surface area contributed by atoms with Gasteiger partial charge in [-0.15, -0.1) is 0 Å². The average Bonchev–Trinajstić information content (AvgIpc) is 2.14. The molecule has 1 aromatic rings. The summed E-state index contributed by atoms with van der Waals surface area (Å²) >= 11 is 0. The zero-order valence-corrected chi connectivity index (χ0v) is 10.6. The third kappa shape index (κ3) is 4.30. The SMILES string of the molecule is C[Si](C)(C)CCc1ccc(C(=O)O)cc1. The maximum atomic E-state index is 10.6. The number of hydrogen-bond donors (Lipinski definition) is 1. The Morgan fingerprint density at radius 1 is 1.20 bits per heavy atom. The molecule has 0 aliphatic rings. The van der Waals surface area contributed by atoms with Gasteiger partial charge in [-0.3, -0.25) is 0 Å². The molecule has 0 fully saturated rings. The maximum absolute atomic E-state index is 10.6. The third-order valence-electron chi connectivity index (χ3n) is 2.36. The second kappa shape index (κ2) is 4.62. The first-order chi connectivity index (χ1) is 6.88. The van der Waals surface area contributed by atoms with Gasteiger partial charge in [-0.25, -0.2) is 4.79 Å². The molecule has 15 heavy (non-hydrogen) atoms. The first kappa shape index (κ1) is 12.0. The third-order valence-corrected chi connectivity index (χ3v) is 4.11. The Hall–Kier alpha value is -1.09. The van der Waals surface area contributed by atoms with E-state index in [2.05, 4.69) is 19.6 Å². The highest BCUT2D eigenvalue weighted by molar-refractivity contribution is 6.76. The van der Waals surface area contributed by atoms with E-state index in [1.165, 1.54) is 11.6 Å². The van der Waals surface area contributed by atoms with Gasteiger partial charge in [0.15, 0.2) is 0 Å². The fourth-order valence-corrected chi connectivity index (χ4v) is 2.37. The molecule has 2 nitrogen and oxygen atoms in total. The summed E-state index contributed by atoms with van der Waals surface area (Å²) in [5.74, 6) is -0.855. The van der Waals surface area contributed by atoms with Crippen LogP contribution >= 0.6 is 0 Å². The molecule has 0 amide bonds. The summed E-state index contributed by atoms with van der Waals surface area (Å²) in [6.45, 7) is 7.04. The molecule has 1 rings (SSSR count). The fraction of sp³-hybridized carbons (Fsp3) is 0.417. The van der Waals surface area contributed by atoms with Gasteiger partial charge in [-0.2, -0.15) is 0 Å². The summed E-state index contributed by atoms with van der Waals surface area (Å²) in [6.07, 6.45) is 1.07. The molecule has 0 aliphatic carbocycles. The van der Waals surface area contributed by atoms with E-state index in [1.54, 1.807) is 12.1 Å². The van der Waals surface area contributed by atoms with Crippen LogP contribution in [0.1, 0.15) is 15.9 Å². The van der Waals surface area contributed by atoms with Crippen molar-refractivity contribution < 1.29 is 9.90 Å². The van der Waals surface area contributed by atoms with Crippen molar-refractivity contribution in [3.8, 4) is 0 Å². The normalized spacial score (nSPS) is 11.4. The van der Waals surface area contributed by atoms with E-state index in [0.717, 1.165) is 6.42 Å². The second-order valence-electron chi connectivity index (χ2n) is 5.06. The zero-order valence-electron chi connectivity index (χ0n) is 9.58. The number of benzene rings is 1. The summed E-state index contributed by atoms with van der Waals surface area (Å²) in [6, 6.07) is 8.45. The van der Waals surface area contributed by atoms with Gasteiger partial charge in [0.2, 0.25) is 0 Å². The van der Waals surface area contributed by atoms with Crippen molar-refractivity contribution >= 4 is 14.0 Å². The molecule has 0 bridgehead atoms. The van der Waals surface area contributed by atoms with Gasteiger partial charge in [0, 0.05) is 8.07 Å². The molecule has 0 atom stereocenters. The summed E-state index contributed by atoms with van der Waals surface area (Å²) in [7, 11) is -0.992. The van der Waals surface area contributed by atoms with Gasteiger partial charge >= 0.3 is 5.97 Å². The van der Waals surface area contributed by atoms with Gasteiger partial charge < -0.3 is 5.11 Å². The summed E-state index contributed by atoms with van der Waals surface area (Å²) < 4.78 is 0. The molecule has 0 aliphatic heterocycles. The first-order valence-corrected chi connectivity index (χ1v) is 8.91. The Kier molecular flexibility index (Phi) is 3.69. The molecule has 82 valence electrons. The molecule has 0 saturated heterocycles. The van der Waals surface area contributed by atoms with E-state index in [4.69, 9.17) is 5.11 Å². The lowest BCUT2D eigenvalue weighted by Crippen LogP contribution is -2.19. The number of carbonyl (C=O) groups is 1. The van der Waals surface area contributed by atoms with E-state index in [9.17, 15) is 4.79 Å². The minimum Gasteiger partial charge on any atom is -0.478 e. The van der Waals surface area contributed by atoms with Gasteiger partial charge in [-0.05, 0) is 24.1 Å². The number of aromatic carboxylic acids is 1. The lowest BCUT2D eigenvalue weighted by molar-refractivity contribution is 0.0697. The van der Waals surface area contributed by atoms with Crippen molar-refractivity contribution in [3.05, 3.63) is 35.4 Å². The van der Waals surface area contributed by atoms with Crippen molar-refractivity contribution in [1.29, 1.82) is 0 Å². The molecule has 1 aromatic carbocycles. The minimum absolute atomic E-state index is 0.367. The number of carboxylic acid groups (broad SMARTS) is 1. The second-order valence-corrected chi connectivity index (χ2v) is 10.7. The molecule has 0 aromatic heterocycles. The van der Waals surface area contributed by atoms with Gasteiger partial charge in [0.05, 0.1) is 5.56 Å². The largest absolute Gasteiger partial charge is 0.478 e. The van der Waals surface area contributed by atoms with Crippen molar-refractivity contribution in [1.82, 2.24) is 0 Å². The standard InChI is InChI=1S/C12H18O2Si/c1-15(2,3)9-8-10-4-6-11(7-5-10)12(13)14/h4-7H,8-9H2,1-3H3,(H,13,14). The monoisotopic (exact) mass is 222 g/mol. The van der Waals surface area contributed by atoms with E-state index in [-0.39, 0.29) is 0 Å². The maximum Gasteiger partial charge on any atom is 0.335 e. The number of rotatable bonds is 4. The molecule has 3 heteroatoms. The molecule has 0 heterocycles. The van der Waals surface area contributed by atoms with Crippen LogP contribution in [0.25, 0.3) is 0 Å². The number of hydrogen-bond acceptors (Lipinski definition) is 1. The van der Waals surface area contributed by atoms with Crippen LogP contribution in [0.4, 0.5) is 0 Å². The Labute approximate surface area is 92.0 Å². The van der Waals surface area contributed by atoms with Crippen molar-refractivity contribution in [2.24, 2.45) is 0 Å². The number of carboxylic acids is 1. The van der Waals surface area contributed by atoms with Gasteiger partial charge in [0.25, 0.3) is 0 Å². The molecule has 0 unspecified atom stereocenters. The van der Waals surface area contributed by atoms with Gasteiger partial charge in [0.1, 0.15) is 0 Å². The van der Waals surface area contributed by atoms with E-state index < -0.39 is 14.0 Å². The quantitative estimate of drug-likeness (QED) is 0.794. The summed E-state index contributed by atoms with van der Waals surface area (Å²) in [4.78, 5) is 10.6. The zero-order chi connectivity index (χ0) is 11.5. The highest BCUT2D eigenvalue weighted by Crippen LogP contribution is 2.14. The molecule has 1 N–H and O–H groups in total. The Bertz CT molecular complexity index is 336. The van der Waals surface area contributed by atoms with E-state index >= 15 is 0 Å². The Morgan fingerprint density at radius 2 is 1.73 bits per heavy atom. The van der Waals surface area contributed by atoms with Crippen LogP contribution in [0.2, 0.25) is 25.7 Å². The number of aryl methyl sites for hydroxylation is 1. The van der Waals surface area contributed by atoms with E-state index in [0.29, 0.717) is 5.56 Å². The molecule has 0 spiro atoms. The van der Waals surface area contributed by atoms with Crippen LogP contribution in [-0.2, 0) is 6.42 Å². The first-order valence-electron chi connectivity index (χ1n) is 5.21. The lowest BCUT2D eigenvalue weighted by Gasteiger charge is -2.15. The molecular formula is C12H18O2Si. The van der Waals surface area contributed by atoms with Crippen LogP contribution in [0.5, 0.6) is 0 Å². The smallest absolute Gasteiger partial charge is 0.335 e. The predicted octanol–water partition coefficient (Wildman–Crippen LogP) is 3.27. The summed E-state index contributed by atoms with van der Waals surface area (Å²) in [5, 5.41) is 8.74. The Balaban J connectivity index is 2.61.